The SMILES string of the molecule is N[C@H]1CSSC[C@@H](C(=O)O)NC(=O)C2(CCCC2)CCNC1=O. The second-order valence-electron chi connectivity index (χ2n) is 6.07. The number of hydrogen-bond donors (Lipinski definition) is 4. The molecule has 2 amide bonds. The van der Waals surface area contributed by atoms with Crippen LogP contribution >= 0.6 is 21.6 Å². The van der Waals surface area contributed by atoms with Crippen LogP contribution in [0.4, 0.5) is 0 Å². The molecule has 1 aliphatic heterocycles. The van der Waals surface area contributed by atoms with Crippen molar-refractivity contribution in [2.24, 2.45) is 11.1 Å². The highest BCUT2D eigenvalue weighted by atomic mass is 33.1. The Morgan fingerprint density at radius 2 is 1.83 bits per heavy atom. The van der Waals surface area contributed by atoms with E-state index in [9.17, 15) is 19.5 Å². The van der Waals surface area contributed by atoms with Crippen molar-refractivity contribution < 1.29 is 19.5 Å². The number of hydrogen-bond acceptors (Lipinski definition) is 6. The predicted octanol–water partition coefficient (Wildman–Crippen LogP) is 0.345. The van der Waals surface area contributed by atoms with Crippen LogP contribution in [0.3, 0.4) is 0 Å². The summed E-state index contributed by atoms with van der Waals surface area (Å²) in [5, 5.41) is 14.8. The van der Waals surface area contributed by atoms with Gasteiger partial charge >= 0.3 is 5.97 Å². The topological polar surface area (TPSA) is 122 Å². The zero-order valence-corrected chi connectivity index (χ0v) is 14.5. The van der Waals surface area contributed by atoms with Gasteiger partial charge in [0.15, 0.2) is 0 Å². The lowest BCUT2D eigenvalue weighted by molar-refractivity contribution is -0.143. The molecule has 2 fully saturated rings. The molecule has 0 aromatic heterocycles. The van der Waals surface area contributed by atoms with E-state index in [1.165, 1.54) is 21.6 Å². The van der Waals surface area contributed by atoms with Gasteiger partial charge in [0.2, 0.25) is 11.8 Å². The molecule has 5 N–H and O–H groups in total. The van der Waals surface area contributed by atoms with Crippen molar-refractivity contribution in [1.82, 2.24) is 10.6 Å². The lowest BCUT2D eigenvalue weighted by Gasteiger charge is -2.29. The summed E-state index contributed by atoms with van der Waals surface area (Å²) in [4.78, 5) is 36.0. The summed E-state index contributed by atoms with van der Waals surface area (Å²) in [6.45, 7) is 0.384. The number of carbonyl (C=O) groups excluding carboxylic acids is 2. The van der Waals surface area contributed by atoms with Crippen LogP contribution in [-0.2, 0) is 14.4 Å². The zero-order valence-electron chi connectivity index (χ0n) is 12.9. The maximum atomic E-state index is 12.7. The molecule has 0 radical (unpaired) electrons. The molecule has 1 saturated carbocycles. The van der Waals surface area contributed by atoms with E-state index in [1.54, 1.807) is 0 Å². The highest BCUT2D eigenvalue weighted by Crippen LogP contribution is 2.41. The van der Waals surface area contributed by atoms with Gasteiger partial charge in [-0.2, -0.15) is 0 Å². The van der Waals surface area contributed by atoms with Gasteiger partial charge in [0.1, 0.15) is 6.04 Å². The van der Waals surface area contributed by atoms with Crippen LogP contribution in [0.2, 0.25) is 0 Å². The van der Waals surface area contributed by atoms with Crippen molar-refractivity contribution in [3.8, 4) is 0 Å². The quantitative estimate of drug-likeness (QED) is 0.497. The number of aliphatic carboxylic acids is 1. The van der Waals surface area contributed by atoms with Gasteiger partial charge in [0, 0.05) is 18.1 Å². The first-order valence-corrected chi connectivity index (χ1v) is 10.2. The number of amides is 2. The second-order valence-corrected chi connectivity index (χ2v) is 8.62. The smallest absolute Gasteiger partial charge is 0.327 e. The maximum Gasteiger partial charge on any atom is 0.327 e. The van der Waals surface area contributed by atoms with Crippen molar-refractivity contribution >= 4 is 39.4 Å². The molecule has 1 spiro atoms. The van der Waals surface area contributed by atoms with Crippen molar-refractivity contribution in [3.63, 3.8) is 0 Å². The molecule has 2 aliphatic rings. The van der Waals surface area contributed by atoms with Crippen LogP contribution in [0.1, 0.15) is 32.1 Å². The average Bonchev–Trinajstić information content (AvgIpc) is 2.98. The lowest BCUT2D eigenvalue weighted by Crippen LogP contribution is -2.50. The van der Waals surface area contributed by atoms with Crippen LogP contribution in [0, 0.1) is 5.41 Å². The summed E-state index contributed by atoms with van der Waals surface area (Å²) in [6, 6.07) is -1.54. The lowest BCUT2D eigenvalue weighted by atomic mass is 9.81. The number of nitrogens with one attached hydrogen (secondary N) is 2. The second kappa shape index (κ2) is 8.25. The minimum absolute atomic E-state index is 0.203. The first kappa shape index (κ1) is 18.4. The van der Waals surface area contributed by atoms with Crippen molar-refractivity contribution in [3.05, 3.63) is 0 Å². The van der Waals surface area contributed by atoms with Crippen LogP contribution in [0.15, 0.2) is 0 Å². The predicted molar refractivity (Wildman–Crippen MR) is 91.0 cm³/mol. The molecule has 0 aromatic carbocycles. The summed E-state index contributed by atoms with van der Waals surface area (Å²) in [6.07, 6.45) is 3.88. The third-order valence-electron chi connectivity index (χ3n) is 4.45. The van der Waals surface area contributed by atoms with Crippen molar-refractivity contribution in [2.75, 3.05) is 18.1 Å². The molecule has 0 unspecified atom stereocenters. The third-order valence-corrected chi connectivity index (χ3v) is 6.90. The fourth-order valence-electron chi connectivity index (χ4n) is 3.00. The number of rotatable bonds is 1. The average molecular weight is 361 g/mol. The van der Waals surface area contributed by atoms with Crippen LogP contribution in [-0.4, -0.2) is 53.0 Å². The van der Waals surface area contributed by atoms with Gasteiger partial charge in [-0.25, -0.2) is 4.79 Å². The van der Waals surface area contributed by atoms with Gasteiger partial charge < -0.3 is 21.5 Å². The Kier molecular flexibility index (Phi) is 6.60. The van der Waals surface area contributed by atoms with Gasteiger partial charge in [-0.3, -0.25) is 9.59 Å². The number of carboxylic acids is 1. The van der Waals surface area contributed by atoms with Crippen LogP contribution in [0.25, 0.3) is 0 Å². The van der Waals surface area contributed by atoms with Crippen molar-refractivity contribution in [2.45, 2.75) is 44.2 Å². The number of carbonyl (C=O) groups is 3. The Labute approximate surface area is 143 Å². The molecule has 1 saturated heterocycles. The molecule has 1 aliphatic carbocycles. The largest absolute Gasteiger partial charge is 0.480 e. The molecule has 9 heteroatoms. The molecule has 2 rings (SSSR count). The fraction of sp³-hybridized carbons (Fsp3) is 0.786. The molecule has 2 atom stereocenters. The summed E-state index contributed by atoms with van der Waals surface area (Å²) in [7, 11) is 2.66. The summed E-state index contributed by atoms with van der Waals surface area (Å²) in [5.74, 6) is -0.808. The molecule has 23 heavy (non-hydrogen) atoms. The van der Waals surface area contributed by atoms with E-state index in [2.05, 4.69) is 10.6 Å². The highest BCUT2D eigenvalue weighted by Gasteiger charge is 2.42. The van der Waals surface area contributed by atoms with Gasteiger partial charge in [-0.05, 0) is 19.3 Å². The normalized spacial score (nSPS) is 29.8. The Morgan fingerprint density at radius 3 is 2.48 bits per heavy atom. The Morgan fingerprint density at radius 1 is 1.17 bits per heavy atom. The van der Waals surface area contributed by atoms with E-state index < -0.39 is 23.5 Å². The molecule has 7 nitrogen and oxygen atoms in total. The van der Waals surface area contributed by atoms with Gasteiger partial charge in [-0.1, -0.05) is 34.4 Å². The highest BCUT2D eigenvalue weighted by molar-refractivity contribution is 8.76. The Bertz CT molecular complexity index is 469. The van der Waals surface area contributed by atoms with E-state index >= 15 is 0 Å². The summed E-state index contributed by atoms with van der Waals surface area (Å²) in [5.41, 5.74) is 5.25. The fourth-order valence-corrected chi connectivity index (χ4v) is 5.28. The van der Waals surface area contributed by atoms with E-state index in [4.69, 9.17) is 5.73 Å². The van der Waals surface area contributed by atoms with Crippen LogP contribution < -0.4 is 16.4 Å². The standard InChI is InChI=1S/C14H23N3O4S2/c15-9-7-22-23-8-10(12(19)20)17-13(21)14(3-1-2-4-14)5-6-16-11(9)18/h9-10H,1-8,15H2,(H,16,18)(H,17,21)(H,19,20)/t9-,10-/m0/s1. The molecule has 0 bridgehead atoms. The zero-order chi connectivity index (χ0) is 16.9. The van der Waals surface area contributed by atoms with Gasteiger partial charge in [0.05, 0.1) is 11.5 Å². The van der Waals surface area contributed by atoms with Gasteiger partial charge in [0.25, 0.3) is 0 Å². The first-order valence-electron chi connectivity index (χ1n) is 7.76. The van der Waals surface area contributed by atoms with E-state index in [0.29, 0.717) is 18.7 Å². The number of nitrogens with two attached hydrogens (primary N) is 1. The molecular weight excluding hydrogens is 338 g/mol. The first-order chi connectivity index (χ1) is 10.9. The Balaban J connectivity index is 2.14. The maximum absolute atomic E-state index is 12.7. The third kappa shape index (κ3) is 4.77. The van der Waals surface area contributed by atoms with E-state index in [0.717, 1.165) is 25.7 Å². The summed E-state index contributed by atoms with van der Waals surface area (Å²) >= 11 is 0. The van der Waals surface area contributed by atoms with E-state index in [1.807, 2.05) is 0 Å². The minimum Gasteiger partial charge on any atom is -0.480 e. The van der Waals surface area contributed by atoms with Crippen molar-refractivity contribution in [1.29, 1.82) is 0 Å². The minimum atomic E-state index is -1.03. The van der Waals surface area contributed by atoms with E-state index in [-0.39, 0.29) is 17.6 Å². The molecule has 0 aromatic rings. The Hall–Kier alpha value is -0.930. The molecular formula is C14H23N3O4S2. The summed E-state index contributed by atoms with van der Waals surface area (Å²) < 4.78 is 0. The van der Waals surface area contributed by atoms with Gasteiger partial charge in [-0.15, -0.1) is 0 Å². The number of carboxylic acid groups (broad SMARTS) is 1. The molecule has 130 valence electrons. The monoisotopic (exact) mass is 361 g/mol. The van der Waals surface area contributed by atoms with Crippen LogP contribution in [0.5, 0.6) is 0 Å². The molecule has 1 heterocycles.